The summed E-state index contributed by atoms with van der Waals surface area (Å²) in [7, 11) is 0. The van der Waals surface area contributed by atoms with Crippen LogP contribution in [0.25, 0.3) is 0 Å². The molecule has 1 fully saturated rings. The SMILES string of the molecule is CC(C)(C)OC(=O)N1CCCC1CNCC(C)(C)C(N)=O. The molecule has 0 aromatic carbocycles. The van der Waals surface area contributed by atoms with Gasteiger partial charge in [-0.25, -0.2) is 4.79 Å². The Bertz CT molecular complexity index is 388. The average Bonchev–Trinajstić information content (AvgIpc) is 2.74. The van der Waals surface area contributed by atoms with Gasteiger partial charge in [0.15, 0.2) is 0 Å². The van der Waals surface area contributed by atoms with Crippen molar-refractivity contribution >= 4 is 12.0 Å². The Labute approximate surface area is 127 Å². The van der Waals surface area contributed by atoms with Gasteiger partial charge in [0.1, 0.15) is 5.60 Å². The molecule has 0 radical (unpaired) electrons. The van der Waals surface area contributed by atoms with Crippen LogP contribution in [0.2, 0.25) is 0 Å². The van der Waals surface area contributed by atoms with Crippen LogP contribution in [0.15, 0.2) is 0 Å². The molecule has 0 saturated carbocycles. The number of carbonyl (C=O) groups is 2. The van der Waals surface area contributed by atoms with Crippen molar-refractivity contribution in [3.8, 4) is 0 Å². The van der Waals surface area contributed by atoms with E-state index in [0.717, 1.165) is 19.4 Å². The standard InChI is InChI=1S/C15H29N3O3/c1-14(2,3)21-13(20)18-8-6-7-11(18)9-17-10-15(4,5)12(16)19/h11,17H,6-10H2,1-5H3,(H2,16,19). The lowest BCUT2D eigenvalue weighted by molar-refractivity contribution is -0.125. The third-order valence-corrected chi connectivity index (χ3v) is 3.62. The molecule has 1 aliphatic heterocycles. The zero-order valence-corrected chi connectivity index (χ0v) is 13.9. The molecule has 1 atom stereocenters. The van der Waals surface area contributed by atoms with Gasteiger partial charge in [-0.3, -0.25) is 4.79 Å². The first kappa shape index (κ1) is 17.8. The van der Waals surface area contributed by atoms with Crippen LogP contribution in [0.5, 0.6) is 0 Å². The molecular formula is C15H29N3O3. The Hall–Kier alpha value is -1.30. The summed E-state index contributed by atoms with van der Waals surface area (Å²) >= 11 is 0. The first-order valence-corrected chi connectivity index (χ1v) is 7.53. The summed E-state index contributed by atoms with van der Waals surface area (Å²) < 4.78 is 5.42. The zero-order chi connectivity index (χ0) is 16.3. The maximum atomic E-state index is 12.1. The van der Waals surface area contributed by atoms with Gasteiger partial charge in [-0.2, -0.15) is 0 Å². The number of carbonyl (C=O) groups excluding carboxylic acids is 2. The molecule has 0 bridgehead atoms. The van der Waals surface area contributed by atoms with E-state index in [4.69, 9.17) is 10.5 Å². The molecule has 122 valence electrons. The monoisotopic (exact) mass is 299 g/mol. The van der Waals surface area contributed by atoms with Crippen molar-refractivity contribution in [2.24, 2.45) is 11.1 Å². The van der Waals surface area contributed by atoms with E-state index in [2.05, 4.69) is 5.32 Å². The van der Waals surface area contributed by atoms with Gasteiger partial charge in [0.25, 0.3) is 0 Å². The van der Waals surface area contributed by atoms with Crippen LogP contribution >= 0.6 is 0 Å². The van der Waals surface area contributed by atoms with Crippen LogP contribution in [0.4, 0.5) is 4.79 Å². The number of primary amides is 1. The molecule has 21 heavy (non-hydrogen) atoms. The van der Waals surface area contributed by atoms with E-state index in [9.17, 15) is 9.59 Å². The third-order valence-electron chi connectivity index (χ3n) is 3.62. The second-order valence-corrected chi connectivity index (χ2v) is 7.35. The molecular weight excluding hydrogens is 270 g/mol. The Morgan fingerprint density at radius 3 is 2.43 bits per heavy atom. The Kier molecular flexibility index (Phi) is 5.61. The maximum absolute atomic E-state index is 12.1. The number of nitrogens with two attached hydrogens (primary N) is 1. The molecule has 0 spiro atoms. The Balaban J connectivity index is 2.47. The number of amides is 2. The van der Waals surface area contributed by atoms with Crippen LogP contribution in [-0.2, 0) is 9.53 Å². The first-order valence-electron chi connectivity index (χ1n) is 7.53. The van der Waals surface area contributed by atoms with Crippen LogP contribution in [0.3, 0.4) is 0 Å². The van der Waals surface area contributed by atoms with Crippen molar-refractivity contribution in [3.05, 3.63) is 0 Å². The van der Waals surface area contributed by atoms with Crippen LogP contribution in [0, 0.1) is 5.41 Å². The molecule has 6 heteroatoms. The van der Waals surface area contributed by atoms with Gasteiger partial charge in [0.2, 0.25) is 5.91 Å². The molecule has 3 N–H and O–H groups in total. The van der Waals surface area contributed by atoms with Crippen molar-refractivity contribution in [3.63, 3.8) is 0 Å². The highest BCUT2D eigenvalue weighted by Crippen LogP contribution is 2.20. The number of rotatable bonds is 5. The summed E-state index contributed by atoms with van der Waals surface area (Å²) in [6.07, 6.45) is 1.66. The Morgan fingerprint density at radius 1 is 1.29 bits per heavy atom. The predicted molar refractivity (Wildman–Crippen MR) is 81.8 cm³/mol. The van der Waals surface area contributed by atoms with Gasteiger partial charge >= 0.3 is 6.09 Å². The number of nitrogens with one attached hydrogen (secondary N) is 1. The number of hydrogen-bond donors (Lipinski definition) is 2. The molecule has 0 aromatic heterocycles. The molecule has 0 aromatic rings. The van der Waals surface area contributed by atoms with Gasteiger partial charge in [0, 0.05) is 25.7 Å². The number of hydrogen-bond acceptors (Lipinski definition) is 4. The molecule has 1 unspecified atom stereocenters. The van der Waals surface area contributed by atoms with E-state index in [-0.39, 0.29) is 18.0 Å². The smallest absolute Gasteiger partial charge is 0.410 e. The lowest BCUT2D eigenvalue weighted by atomic mass is 9.93. The summed E-state index contributed by atoms with van der Waals surface area (Å²) in [5.41, 5.74) is 4.28. The van der Waals surface area contributed by atoms with E-state index in [1.807, 2.05) is 34.6 Å². The summed E-state index contributed by atoms with van der Waals surface area (Å²) in [4.78, 5) is 25.2. The predicted octanol–water partition coefficient (Wildman–Crippen LogP) is 1.49. The quantitative estimate of drug-likeness (QED) is 0.805. The van der Waals surface area contributed by atoms with E-state index >= 15 is 0 Å². The molecule has 1 heterocycles. The average molecular weight is 299 g/mol. The van der Waals surface area contributed by atoms with Gasteiger partial charge < -0.3 is 20.7 Å². The lowest BCUT2D eigenvalue weighted by Gasteiger charge is -2.29. The highest BCUT2D eigenvalue weighted by molar-refractivity contribution is 5.80. The number of ether oxygens (including phenoxy) is 1. The second kappa shape index (κ2) is 6.64. The minimum atomic E-state index is -0.588. The van der Waals surface area contributed by atoms with Gasteiger partial charge in [-0.05, 0) is 47.5 Å². The highest BCUT2D eigenvalue weighted by atomic mass is 16.6. The highest BCUT2D eigenvalue weighted by Gasteiger charge is 2.32. The van der Waals surface area contributed by atoms with Crippen molar-refractivity contribution in [1.82, 2.24) is 10.2 Å². The fourth-order valence-electron chi connectivity index (χ4n) is 2.25. The largest absolute Gasteiger partial charge is 0.444 e. The minimum Gasteiger partial charge on any atom is -0.444 e. The van der Waals surface area contributed by atoms with Crippen LogP contribution in [0.1, 0.15) is 47.5 Å². The van der Waals surface area contributed by atoms with Crippen LogP contribution in [-0.4, -0.2) is 48.2 Å². The fraction of sp³-hybridized carbons (Fsp3) is 0.867. The van der Waals surface area contributed by atoms with Crippen molar-refractivity contribution in [2.45, 2.75) is 59.1 Å². The topological polar surface area (TPSA) is 84.7 Å². The van der Waals surface area contributed by atoms with Crippen molar-refractivity contribution in [2.75, 3.05) is 19.6 Å². The molecule has 1 aliphatic rings. The fourth-order valence-corrected chi connectivity index (χ4v) is 2.25. The molecule has 6 nitrogen and oxygen atoms in total. The lowest BCUT2D eigenvalue weighted by Crippen LogP contribution is -2.47. The van der Waals surface area contributed by atoms with Gasteiger partial charge in [-0.15, -0.1) is 0 Å². The summed E-state index contributed by atoms with van der Waals surface area (Å²) in [5, 5.41) is 3.25. The molecule has 0 aliphatic carbocycles. The normalized spacial score (nSPS) is 19.7. The maximum Gasteiger partial charge on any atom is 0.410 e. The molecule has 2 amide bonds. The van der Waals surface area contributed by atoms with E-state index < -0.39 is 11.0 Å². The summed E-state index contributed by atoms with van der Waals surface area (Å²) in [6.45, 7) is 11.1. The van der Waals surface area contributed by atoms with Gasteiger partial charge in [-0.1, -0.05) is 0 Å². The molecule has 1 saturated heterocycles. The summed E-state index contributed by atoms with van der Waals surface area (Å²) in [6, 6.07) is 0.114. The van der Waals surface area contributed by atoms with Crippen molar-refractivity contribution < 1.29 is 14.3 Å². The second-order valence-electron chi connectivity index (χ2n) is 7.35. The Morgan fingerprint density at radius 2 is 1.90 bits per heavy atom. The molecule has 1 rings (SSSR count). The summed E-state index contributed by atoms with van der Waals surface area (Å²) in [5.74, 6) is -0.328. The van der Waals surface area contributed by atoms with Crippen molar-refractivity contribution in [1.29, 1.82) is 0 Å². The third kappa shape index (κ3) is 5.53. The minimum absolute atomic E-state index is 0.114. The van der Waals surface area contributed by atoms with E-state index in [0.29, 0.717) is 13.1 Å². The number of nitrogens with zero attached hydrogens (tertiary/aromatic N) is 1. The van der Waals surface area contributed by atoms with Crippen LogP contribution < -0.4 is 11.1 Å². The van der Waals surface area contributed by atoms with E-state index in [1.54, 1.807) is 4.90 Å². The number of likely N-dealkylation sites (tertiary alicyclic amines) is 1. The van der Waals surface area contributed by atoms with E-state index in [1.165, 1.54) is 0 Å². The first-order chi connectivity index (χ1) is 9.53. The van der Waals surface area contributed by atoms with Gasteiger partial charge in [0.05, 0.1) is 5.41 Å². The zero-order valence-electron chi connectivity index (χ0n) is 13.9.